The smallest absolute Gasteiger partial charge is 0.220 e. The van der Waals surface area contributed by atoms with Gasteiger partial charge in [0.25, 0.3) is 0 Å². The first-order valence-electron chi connectivity index (χ1n) is 10.4. The first-order valence-corrected chi connectivity index (χ1v) is 10.4. The van der Waals surface area contributed by atoms with E-state index in [4.69, 9.17) is 5.73 Å². The molecule has 4 nitrogen and oxygen atoms in total. The molecule has 0 spiro atoms. The van der Waals surface area contributed by atoms with E-state index in [2.05, 4.69) is 40.5 Å². The molecule has 0 radical (unpaired) electrons. The topological polar surface area (TPSA) is 58.4 Å². The zero-order valence-corrected chi connectivity index (χ0v) is 16.1. The van der Waals surface area contributed by atoms with Gasteiger partial charge in [0.2, 0.25) is 5.91 Å². The third-order valence-corrected chi connectivity index (χ3v) is 6.43. The highest BCUT2D eigenvalue weighted by atomic mass is 16.1. The van der Waals surface area contributed by atoms with Crippen LogP contribution in [0.1, 0.15) is 56.9 Å². The van der Waals surface area contributed by atoms with E-state index >= 15 is 0 Å². The Labute approximate surface area is 158 Å². The first-order chi connectivity index (χ1) is 12.7. The van der Waals surface area contributed by atoms with Gasteiger partial charge in [-0.15, -0.1) is 0 Å². The van der Waals surface area contributed by atoms with Gasteiger partial charge in [-0.05, 0) is 62.2 Å². The maximum absolute atomic E-state index is 12.4. The van der Waals surface area contributed by atoms with Gasteiger partial charge in [-0.25, -0.2) is 0 Å². The van der Waals surface area contributed by atoms with Crippen molar-refractivity contribution >= 4 is 5.91 Å². The monoisotopic (exact) mass is 357 g/mol. The van der Waals surface area contributed by atoms with Crippen LogP contribution in [-0.2, 0) is 11.3 Å². The molecule has 2 aliphatic rings. The molecular formula is C22H35N3O. The lowest BCUT2D eigenvalue weighted by molar-refractivity contribution is -0.124. The fraction of sp³-hybridized carbons (Fsp3) is 0.682. The minimum absolute atomic E-state index is 0.0708. The van der Waals surface area contributed by atoms with Crippen molar-refractivity contribution in [3.05, 3.63) is 35.9 Å². The number of nitrogens with one attached hydrogen (secondary N) is 1. The Balaban J connectivity index is 1.36. The van der Waals surface area contributed by atoms with Crippen molar-refractivity contribution in [2.45, 2.75) is 57.9 Å². The van der Waals surface area contributed by atoms with Crippen LogP contribution in [0.5, 0.6) is 0 Å². The number of likely N-dealkylation sites (tertiary alicyclic amines) is 1. The summed E-state index contributed by atoms with van der Waals surface area (Å²) in [6, 6.07) is 10.7. The predicted octanol–water partition coefficient (Wildman–Crippen LogP) is 3.31. The zero-order chi connectivity index (χ0) is 18.2. The van der Waals surface area contributed by atoms with Crippen molar-refractivity contribution in [2.75, 3.05) is 26.2 Å². The number of amides is 1. The molecule has 3 N–H and O–H groups in total. The fourth-order valence-electron chi connectivity index (χ4n) is 4.61. The van der Waals surface area contributed by atoms with Crippen LogP contribution in [-0.4, -0.2) is 37.0 Å². The van der Waals surface area contributed by atoms with Gasteiger partial charge in [0.1, 0.15) is 0 Å². The number of benzene rings is 1. The first kappa shape index (κ1) is 19.4. The van der Waals surface area contributed by atoms with Crippen LogP contribution in [0.25, 0.3) is 0 Å². The van der Waals surface area contributed by atoms with E-state index in [1.807, 2.05) is 0 Å². The highest BCUT2D eigenvalue weighted by Crippen LogP contribution is 2.38. The summed E-state index contributed by atoms with van der Waals surface area (Å²) in [5.74, 6) is 0.829. The summed E-state index contributed by atoms with van der Waals surface area (Å²) in [7, 11) is 0. The van der Waals surface area contributed by atoms with E-state index < -0.39 is 0 Å². The Kier molecular flexibility index (Phi) is 7.09. The van der Waals surface area contributed by atoms with Crippen molar-refractivity contribution < 1.29 is 4.79 Å². The number of hydrogen-bond donors (Lipinski definition) is 2. The maximum Gasteiger partial charge on any atom is 0.220 e. The Hall–Kier alpha value is -1.39. The quantitative estimate of drug-likeness (QED) is 0.787. The summed E-state index contributed by atoms with van der Waals surface area (Å²) < 4.78 is 0. The van der Waals surface area contributed by atoms with Gasteiger partial charge >= 0.3 is 0 Å². The minimum Gasteiger partial charge on any atom is -0.356 e. The minimum atomic E-state index is 0.0708. The molecule has 1 heterocycles. The predicted molar refractivity (Wildman–Crippen MR) is 107 cm³/mol. The lowest BCUT2D eigenvalue weighted by Gasteiger charge is -2.36. The summed E-state index contributed by atoms with van der Waals surface area (Å²) in [5, 5.41) is 3.21. The van der Waals surface area contributed by atoms with Crippen molar-refractivity contribution in [2.24, 2.45) is 17.1 Å². The second-order valence-electron chi connectivity index (χ2n) is 8.45. The van der Waals surface area contributed by atoms with E-state index in [0.717, 1.165) is 39.0 Å². The van der Waals surface area contributed by atoms with Crippen LogP contribution in [0.15, 0.2) is 30.3 Å². The molecule has 0 atom stereocenters. The number of hydrogen-bond acceptors (Lipinski definition) is 3. The molecule has 1 saturated carbocycles. The number of carbonyl (C=O) groups excluding carboxylic acids is 1. The maximum atomic E-state index is 12.4. The van der Waals surface area contributed by atoms with Crippen molar-refractivity contribution in [3.8, 4) is 0 Å². The van der Waals surface area contributed by atoms with E-state index in [1.165, 1.54) is 37.7 Å². The molecule has 0 bridgehead atoms. The highest BCUT2D eigenvalue weighted by molar-refractivity contribution is 5.76. The van der Waals surface area contributed by atoms with Crippen LogP contribution in [0, 0.1) is 11.3 Å². The molecule has 1 aromatic rings. The number of piperidine rings is 1. The molecule has 1 aromatic carbocycles. The average Bonchev–Trinajstić information content (AvgIpc) is 2.69. The van der Waals surface area contributed by atoms with Crippen molar-refractivity contribution in [3.63, 3.8) is 0 Å². The molecule has 2 fully saturated rings. The summed E-state index contributed by atoms with van der Waals surface area (Å²) in [4.78, 5) is 15.0. The van der Waals surface area contributed by atoms with Gasteiger partial charge in [0, 0.05) is 19.5 Å². The van der Waals surface area contributed by atoms with Gasteiger partial charge in [-0.3, -0.25) is 9.69 Å². The molecule has 3 rings (SSSR count). The molecule has 1 amide bonds. The van der Waals surface area contributed by atoms with Gasteiger partial charge in [0.15, 0.2) is 0 Å². The van der Waals surface area contributed by atoms with Crippen LogP contribution in [0.4, 0.5) is 0 Å². The Morgan fingerprint density at radius 3 is 2.46 bits per heavy atom. The van der Waals surface area contributed by atoms with E-state index in [-0.39, 0.29) is 11.3 Å². The molecule has 1 saturated heterocycles. The SMILES string of the molecule is NCC1(CC(=O)NCC2CCN(Cc3ccccc3)CC2)CCCCC1. The van der Waals surface area contributed by atoms with Gasteiger partial charge in [-0.2, -0.15) is 0 Å². The van der Waals surface area contributed by atoms with Crippen LogP contribution < -0.4 is 11.1 Å². The molecule has 144 valence electrons. The van der Waals surface area contributed by atoms with E-state index in [1.54, 1.807) is 0 Å². The van der Waals surface area contributed by atoms with Gasteiger partial charge in [0.05, 0.1) is 0 Å². The number of carbonyl (C=O) groups is 1. The second kappa shape index (κ2) is 9.52. The Morgan fingerprint density at radius 2 is 1.81 bits per heavy atom. The Morgan fingerprint density at radius 1 is 1.12 bits per heavy atom. The molecule has 4 heteroatoms. The van der Waals surface area contributed by atoms with E-state index in [9.17, 15) is 4.79 Å². The molecule has 26 heavy (non-hydrogen) atoms. The van der Waals surface area contributed by atoms with Crippen LogP contribution >= 0.6 is 0 Å². The Bertz CT molecular complexity index is 546. The summed E-state index contributed by atoms with van der Waals surface area (Å²) in [6.07, 6.45) is 8.96. The zero-order valence-electron chi connectivity index (χ0n) is 16.1. The van der Waals surface area contributed by atoms with E-state index in [0.29, 0.717) is 18.9 Å². The third-order valence-electron chi connectivity index (χ3n) is 6.43. The lowest BCUT2D eigenvalue weighted by Crippen LogP contribution is -2.41. The number of rotatable bonds is 7. The molecule has 1 aliphatic heterocycles. The largest absolute Gasteiger partial charge is 0.356 e. The average molecular weight is 358 g/mol. The summed E-state index contributed by atoms with van der Waals surface area (Å²) in [5.41, 5.74) is 7.48. The van der Waals surface area contributed by atoms with Gasteiger partial charge < -0.3 is 11.1 Å². The number of nitrogens with zero attached hydrogens (tertiary/aromatic N) is 1. The molecule has 1 aliphatic carbocycles. The third kappa shape index (κ3) is 5.55. The van der Waals surface area contributed by atoms with Gasteiger partial charge in [-0.1, -0.05) is 49.6 Å². The van der Waals surface area contributed by atoms with Crippen molar-refractivity contribution in [1.82, 2.24) is 10.2 Å². The summed E-state index contributed by atoms with van der Waals surface area (Å²) in [6.45, 7) is 4.78. The summed E-state index contributed by atoms with van der Waals surface area (Å²) >= 11 is 0. The standard InChI is InChI=1S/C22H35N3O/c23-18-22(11-5-2-6-12-22)15-21(26)24-16-19-9-13-25(14-10-19)17-20-7-3-1-4-8-20/h1,3-4,7-8,19H,2,5-6,9-18,23H2,(H,24,26). The van der Waals surface area contributed by atoms with Crippen LogP contribution in [0.3, 0.4) is 0 Å². The van der Waals surface area contributed by atoms with Crippen LogP contribution in [0.2, 0.25) is 0 Å². The second-order valence-corrected chi connectivity index (χ2v) is 8.45. The lowest BCUT2D eigenvalue weighted by atomic mass is 9.71. The normalized spacial score (nSPS) is 21.4. The fourth-order valence-corrected chi connectivity index (χ4v) is 4.61. The molecule has 0 aromatic heterocycles. The molecule has 0 unspecified atom stereocenters. The van der Waals surface area contributed by atoms with Crippen molar-refractivity contribution in [1.29, 1.82) is 0 Å². The molecular weight excluding hydrogens is 322 g/mol. The highest BCUT2D eigenvalue weighted by Gasteiger charge is 2.33. The number of nitrogens with two attached hydrogens (primary N) is 1.